The van der Waals surface area contributed by atoms with E-state index in [0.717, 1.165) is 18.5 Å². The summed E-state index contributed by atoms with van der Waals surface area (Å²) in [5.41, 5.74) is 0.989. The fraction of sp³-hybridized carbons (Fsp3) is 0.500. The second-order valence-corrected chi connectivity index (χ2v) is 6.54. The Morgan fingerprint density at radius 3 is 3.18 bits per heavy atom. The Balaban J connectivity index is 1.68. The quantitative estimate of drug-likeness (QED) is 0.922. The van der Waals surface area contributed by atoms with Gasteiger partial charge in [0.15, 0.2) is 0 Å². The van der Waals surface area contributed by atoms with E-state index in [1.54, 1.807) is 11.3 Å². The average Bonchev–Trinajstić information content (AvgIpc) is 3.25. The summed E-state index contributed by atoms with van der Waals surface area (Å²) in [6, 6.07) is 4.08. The van der Waals surface area contributed by atoms with Crippen LogP contribution in [-0.2, 0) is 16.1 Å². The predicted octanol–water partition coefficient (Wildman–Crippen LogP) is 2.92. The van der Waals surface area contributed by atoms with Crippen LogP contribution in [0, 0.1) is 5.92 Å². The number of ether oxygens (including phenoxy) is 1. The van der Waals surface area contributed by atoms with Gasteiger partial charge in [0.05, 0.1) is 24.3 Å². The zero-order valence-electron chi connectivity index (χ0n) is 12.9. The van der Waals surface area contributed by atoms with E-state index >= 15 is 0 Å². The zero-order chi connectivity index (χ0) is 15.5. The molecule has 3 rings (SSSR count). The van der Waals surface area contributed by atoms with E-state index in [9.17, 15) is 4.79 Å². The van der Waals surface area contributed by atoms with E-state index in [0.29, 0.717) is 6.61 Å². The first-order chi connectivity index (χ1) is 10.7. The van der Waals surface area contributed by atoms with Gasteiger partial charge in [-0.25, -0.2) is 0 Å². The van der Waals surface area contributed by atoms with Crippen LogP contribution >= 0.6 is 11.3 Å². The van der Waals surface area contributed by atoms with Crippen molar-refractivity contribution >= 4 is 17.2 Å². The average molecular weight is 319 g/mol. The van der Waals surface area contributed by atoms with Gasteiger partial charge < -0.3 is 10.1 Å². The van der Waals surface area contributed by atoms with Crippen LogP contribution in [0.3, 0.4) is 0 Å². The molecule has 1 aliphatic heterocycles. The van der Waals surface area contributed by atoms with Crippen molar-refractivity contribution in [1.82, 2.24) is 15.1 Å². The summed E-state index contributed by atoms with van der Waals surface area (Å²) < 4.78 is 7.65. The van der Waals surface area contributed by atoms with Crippen molar-refractivity contribution in [3.63, 3.8) is 0 Å². The van der Waals surface area contributed by atoms with Crippen molar-refractivity contribution in [1.29, 1.82) is 0 Å². The standard InChI is InChI=1S/C16H21N3O2S/c1-3-19-10-12(9-17-19)15-13(6-7-21-15)16(20)18-11(2)14-5-4-8-22-14/h4-5,8-11,13,15H,3,6-7H2,1-2H3,(H,18,20)/t11-,13-,15+/m0/s1. The SMILES string of the molecule is CCn1cc([C@H]2OCC[C@@H]2C(=O)N[C@@H](C)c2cccs2)cn1. The molecule has 3 heterocycles. The lowest BCUT2D eigenvalue weighted by Gasteiger charge is -2.19. The molecule has 0 aliphatic carbocycles. The summed E-state index contributed by atoms with van der Waals surface area (Å²) in [5, 5.41) is 9.42. The third kappa shape index (κ3) is 3.08. The first-order valence-electron chi connectivity index (χ1n) is 7.66. The van der Waals surface area contributed by atoms with E-state index in [1.807, 2.05) is 48.4 Å². The lowest BCUT2D eigenvalue weighted by atomic mass is 9.96. The molecular weight excluding hydrogens is 298 g/mol. The Bertz CT molecular complexity index is 623. The summed E-state index contributed by atoms with van der Waals surface area (Å²) >= 11 is 1.66. The first kappa shape index (κ1) is 15.2. The molecule has 1 N–H and O–H groups in total. The van der Waals surface area contributed by atoms with Gasteiger partial charge in [-0.2, -0.15) is 5.10 Å². The van der Waals surface area contributed by atoms with Gasteiger partial charge in [-0.15, -0.1) is 11.3 Å². The Labute approximate surface area is 134 Å². The van der Waals surface area contributed by atoms with Crippen LogP contribution in [0.5, 0.6) is 0 Å². The van der Waals surface area contributed by atoms with E-state index in [-0.39, 0.29) is 24.0 Å². The normalized spacial score (nSPS) is 22.6. The second kappa shape index (κ2) is 6.62. The lowest BCUT2D eigenvalue weighted by molar-refractivity contribution is -0.127. The fourth-order valence-corrected chi connectivity index (χ4v) is 3.55. The number of nitrogens with zero attached hydrogens (tertiary/aromatic N) is 2. The van der Waals surface area contributed by atoms with Gasteiger partial charge in [0.25, 0.3) is 0 Å². The maximum absolute atomic E-state index is 12.6. The zero-order valence-corrected chi connectivity index (χ0v) is 13.7. The highest BCUT2D eigenvalue weighted by atomic mass is 32.1. The van der Waals surface area contributed by atoms with E-state index in [2.05, 4.69) is 10.4 Å². The summed E-state index contributed by atoms with van der Waals surface area (Å²) in [6.07, 6.45) is 4.35. The van der Waals surface area contributed by atoms with Gasteiger partial charge in [0, 0.05) is 29.8 Å². The number of thiophene rings is 1. The Morgan fingerprint density at radius 2 is 2.50 bits per heavy atom. The molecule has 1 aliphatic rings. The van der Waals surface area contributed by atoms with Crippen LogP contribution < -0.4 is 5.32 Å². The number of aryl methyl sites for hydroxylation is 1. The molecule has 0 bridgehead atoms. The highest BCUT2D eigenvalue weighted by Crippen LogP contribution is 2.35. The van der Waals surface area contributed by atoms with Gasteiger partial charge in [-0.05, 0) is 31.7 Å². The van der Waals surface area contributed by atoms with Crippen molar-refractivity contribution in [2.75, 3.05) is 6.61 Å². The van der Waals surface area contributed by atoms with Crippen LogP contribution in [0.15, 0.2) is 29.9 Å². The molecule has 0 aromatic carbocycles. The highest BCUT2D eigenvalue weighted by molar-refractivity contribution is 7.10. The minimum Gasteiger partial charge on any atom is -0.373 e. The first-order valence-corrected chi connectivity index (χ1v) is 8.54. The predicted molar refractivity (Wildman–Crippen MR) is 85.6 cm³/mol. The summed E-state index contributed by atoms with van der Waals surface area (Å²) in [6.45, 7) is 5.50. The number of nitrogens with one attached hydrogen (secondary N) is 1. The number of aromatic nitrogens is 2. The molecule has 2 aromatic heterocycles. The fourth-order valence-electron chi connectivity index (χ4n) is 2.82. The highest BCUT2D eigenvalue weighted by Gasteiger charge is 2.36. The number of carbonyl (C=O) groups excluding carboxylic acids is 1. The molecule has 0 unspecified atom stereocenters. The molecular formula is C16H21N3O2S. The third-order valence-corrected chi connectivity index (χ3v) is 5.12. The molecule has 3 atom stereocenters. The number of carbonyl (C=O) groups is 1. The summed E-state index contributed by atoms with van der Waals surface area (Å²) in [7, 11) is 0. The van der Waals surface area contributed by atoms with Crippen LogP contribution in [0.4, 0.5) is 0 Å². The molecule has 6 heteroatoms. The Kier molecular flexibility index (Phi) is 4.59. The third-order valence-electron chi connectivity index (χ3n) is 4.06. The minimum absolute atomic E-state index is 0.0344. The maximum Gasteiger partial charge on any atom is 0.226 e. The van der Waals surface area contributed by atoms with E-state index in [1.165, 1.54) is 4.88 Å². The molecule has 0 spiro atoms. The van der Waals surface area contributed by atoms with Crippen LogP contribution in [0.1, 0.15) is 42.9 Å². The minimum atomic E-state index is -0.184. The number of amides is 1. The van der Waals surface area contributed by atoms with E-state index in [4.69, 9.17) is 4.74 Å². The van der Waals surface area contributed by atoms with Crippen molar-refractivity contribution in [3.05, 3.63) is 40.3 Å². The lowest BCUT2D eigenvalue weighted by Crippen LogP contribution is -2.33. The smallest absolute Gasteiger partial charge is 0.226 e. The maximum atomic E-state index is 12.6. The molecule has 2 aromatic rings. The number of rotatable bonds is 5. The van der Waals surface area contributed by atoms with Crippen LogP contribution in [0.25, 0.3) is 0 Å². The molecule has 22 heavy (non-hydrogen) atoms. The van der Waals surface area contributed by atoms with Crippen molar-refractivity contribution in [2.45, 2.75) is 39.0 Å². The van der Waals surface area contributed by atoms with Gasteiger partial charge in [-0.3, -0.25) is 9.48 Å². The van der Waals surface area contributed by atoms with Crippen LogP contribution in [-0.4, -0.2) is 22.3 Å². The number of hydrogen-bond donors (Lipinski definition) is 1. The summed E-state index contributed by atoms with van der Waals surface area (Å²) in [4.78, 5) is 13.8. The Hall–Kier alpha value is -1.66. The molecule has 0 radical (unpaired) electrons. The monoisotopic (exact) mass is 319 g/mol. The summed E-state index contributed by atoms with van der Waals surface area (Å²) in [5.74, 6) is -0.0791. The molecule has 0 saturated carbocycles. The van der Waals surface area contributed by atoms with Gasteiger partial charge >= 0.3 is 0 Å². The van der Waals surface area contributed by atoms with E-state index < -0.39 is 0 Å². The largest absolute Gasteiger partial charge is 0.373 e. The molecule has 1 saturated heterocycles. The van der Waals surface area contributed by atoms with Gasteiger partial charge in [0.2, 0.25) is 5.91 Å². The van der Waals surface area contributed by atoms with Gasteiger partial charge in [0.1, 0.15) is 0 Å². The topological polar surface area (TPSA) is 56.1 Å². The van der Waals surface area contributed by atoms with Crippen molar-refractivity contribution in [3.8, 4) is 0 Å². The molecule has 1 amide bonds. The molecule has 5 nitrogen and oxygen atoms in total. The van der Waals surface area contributed by atoms with Crippen LogP contribution in [0.2, 0.25) is 0 Å². The molecule has 1 fully saturated rings. The van der Waals surface area contributed by atoms with Crippen molar-refractivity contribution in [2.24, 2.45) is 5.92 Å². The molecule has 118 valence electrons. The second-order valence-electron chi connectivity index (χ2n) is 5.56. The van der Waals surface area contributed by atoms with Gasteiger partial charge in [-0.1, -0.05) is 6.07 Å². The van der Waals surface area contributed by atoms with Crippen molar-refractivity contribution < 1.29 is 9.53 Å². The Morgan fingerprint density at radius 1 is 1.64 bits per heavy atom. The number of hydrogen-bond acceptors (Lipinski definition) is 4.